The van der Waals surface area contributed by atoms with Crippen molar-refractivity contribution in [3.05, 3.63) is 159 Å². The monoisotopic (exact) mass is 2230 g/mol. The topological polar surface area (TPSA) is 389 Å². The molecule has 4 aliphatic carbocycles. The zero-order chi connectivity index (χ0) is 94.0. The summed E-state index contributed by atoms with van der Waals surface area (Å²) < 4.78 is 62.3. The summed E-state index contributed by atoms with van der Waals surface area (Å²) in [5.74, 6) is 1.65. The Kier molecular flexibility index (Phi) is 37.8. The van der Waals surface area contributed by atoms with Crippen molar-refractivity contribution in [2.75, 3.05) is 59.2 Å². The molecular weight excluding hydrogens is 2100 g/mol. The van der Waals surface area contributed by atoms with Gasteiger partial charge in [0.2, 0.25) is 23.5 Å². The number of nitrogens with two attached hydrogens (primary N) is 1. The summed E-state index contributed by atoms with van der Waals surface area (Å²) >= 11 is 0. The Morgan fingerprint density at radius 2 is 0.623 bits per heavy atom. The van der Waals surface area contributed by atoms with E-state index in [-0.39, 0.29) is 185 Å². The summed E-state index contributed by atoms with van der Waals surface area (Å²) in [5.41, 5.74) is 13.3. The number of aromatic nitrogens is 4. The summed E-state index contributed by atoms with van der Waals surface area (Å²) in [6.45, 7) is 22.1. The number of likely N-dealkylation sites (tertiary alicyclic amines) is 2. The number of amides is 2. The first-order valence-electron chi connectivity index (χ1n) is 46.5. The van der Waals surface area contributed by atoms with Gasteiger partial charge in [-0.2, -0.15) is 0 Å². The summed E-state index contributed by atoms with van der Waals surface area (Å²) in [4.78, 5) is 155. The number of furan rings is 4. The Hall–Kier alpha value is -11.4. The molecule has 0 bridgehead atoms. The zero-order valence-electron chi connectivity index (χ0n) is 80.0. The van der Waals surface area contributed by atoms with Gasteiger partial charge in [0.05, 0.1) is 92.6 Å². The number of ketones is 8. The Morgan fingerprint density at radius 1 is 0.362 bits per heavy atom. The van der Waals surface area contributed by atoms with E-state index in [1.54, 1.807) is 37.2 Å². The predicted octanol–water partition coefficient (Wildman–Crippen LogP) is 21.5. The Labute approximate surface area is 832 Å². The van der Waals surface area contributed by atoms with Crippen LogP contribution in [-0.4, -0.2) is 170 Å². The van der Waals surface area contributed by atoms with Gasteiger partial charge in [-0.15, -0.1) is 0 Å². The number of hydrogen-bond donors (Lipinski definition) is 1. The van der Waals surface area contributed by atoms with Gasteiger partial charge in [-0.1, -0.05) is 7.43 Å². The van der Waals surface area contributed by atoms with Gasteiger partial charge in [-0.05, 0) is 230 Å². The molecule has 138 heavy (non-hydrogen) atoms. The summed E-state index contributed by atoms with van der Waals surface area (Å²) in [5, 5.41) is 7.16. The average Bonchev–Trinajstić information content (AvgIpc) is 1.62. The molecular formula is C107H127N7O22W2-2. The number of piperidine rings is 2. The molecule has 2 saturated heterocycles. The summed E-state index contributed by atoms with van der Waals surface area (Å²) in [6, 6.07) is 30.0. The van der Waals surface area contributed by atoms with Crippen molar-refractivity contribution in [2.45, 2.75) is 251 Å². The molecule has 4 atom stereocenters. The van der Waals surface area contributed by atoms with Gasteiger partial charge in [0, 0.05) is 220 Å². The minimum Gasteiger partial charge on any atom is -0.478 e. The molecule has 4 unspecified atom stereocenters. The number of ether oxygens (including phenoxy) is 7. The number of hydrogen-bond acceptors (Lipinski definition) is 27. The van der Waals surface area contributed by atoms with Crippen LogP contribution in [0.2, 0.25) is 0 Å². The van der Waals surface area contributed by atoms with Gasteiger partial charge in [-0.25, -0.2) is 29.5 Å². The van der Waals surface area contributed by atoms with E-state index in [4.69, 9.17) is 66.5 Å². The first kappa shape index (κ1) is 109. The average molecular weight is 2230 g/mol. The molecule has 10 heterocycles. The van der Waals surface area contributed by atoms with Crippen molar-refractivity contribution in [3.63, 3.8) is 0 Å². The largest absolute Gasteiger partial charge is 0.478 e. The fourth-order valence-electron chi connectivity index (χ4n) is 18.6. The molecule has 31 heteroatoms. The SMILES string of the molecule is C.CC(C)(C)OC(=O)CCCOc1ccc2c(ccc3occ(C4CCC(=O)CC4=O)c32)n1.CC(C)(C)OC(=O)N1CCC(CCCOc2ccc3c(ccc4occ(C5CCC(=O)CC5=O)c43)n2)CC1.CC(C)(C)OC(=O)N1CCC(CCCOc2ccc3c(ccc4occ(C5CCC(=O)CC5=O)c43)n2)CC1.NCCOc1ccc2c(ccc3occ(C4CCC(=O)CC4=O)c32)n1.[CH3-].[CH3-].[W].[W]. The van der Waals surface area contributed by atoms with E-state index in [9.17, 15) is 52.7 Å². The van der Waals surface area contributed by atoms with Gasteiger partial charge in [0.25, 0.3) is 0 Å². The van der Waals surface area contributed by atoms with Crippen LogP contribution < -0.4 is 24.7 Å². The number of benzene rings is 4. The van der Waals surface area contributed by atoms with E-state index in [0.29, 0.717) is 148 Å². The van der Waals surface area contributed by atoms with Crippen molar-refractivity contribution in [3.8, 4) is 23.5 Å². The van der Waals surface area contributed by atoms with Crippen molar-refractivity contribution in [1.29, 1.82) is 0 Å². The summed E-state index contributed by atoms with van der Waals surface area (Å²) in [6.07, 6.45) is 18.6. The van der Waals surface area contributed by atoms with E-state index < -0.39 is 16.8 Å². The maximum Gasteiger partial charge on any atom is 0.410 e. The van der Waals surface area contributed by atoms with Gasteiger partial charge in [0.1, 0.15) is 92.0 Å². The zero-order valence-corrected chi connectivity index (χ0v) is 85.9. The van der Waals surface area contributed by atoms with Crippen LogP contribution in [0.4, 0.5) is 9.59 Å². The van der Waals surface area contributed by atoms with E-state index in [0.717, 1.165) is 165 Å². The minimum absolute atomic E-state index is 0. The van der Waals surface area contributed by atoms with Crippen molar-refractivity contribution in [2.24, 2.45) is 17.6 Å². The number of esters is 1. The maximum absolute atomic E-state index is 12.6. The third kappa shape index (κ3) is 27.2. The third-order valence-electron chi connectivity index (χ3n) is 25.1. The second kappa shape index (κ2) is 48.0. The number of carbonyl (C=O) groups is 11. The normalized spacial score (nSPS) is 17.9. The molecule has 6 aliphatic rings. The molecule has 0 radical (unpaired) electrons. The Balaban J connectivity index is 0.000000189. The molecule has 4 aromatic carbocycles. The first-order valence-corrected chi connectivity index (χ1v) is 46.5. The van der Waals surface area contributed by atoms with Crippen molar-refractivity contribution in [1.82, 2.24) is 29.7 Å². The van der Waals surface area contributed by atoms with Crippen LogP contribution >= 0.6 is 0 Å². The van der Waals surface area contributed by atoms with Crippen LogP contribution in [0.15, 0.2) is 140 Å². The Bertz CT molecular complexity index is 6180. The molecule has 8 aromatic heterocycles. The molecule has 18 rings (SSSR count). The molecule has 2 amide bonds. The minimum atomic E-state index is -0.493. The van der Waals surface area contributed by atoms with E-state index in [1.807, 2.05) is 157 Å². The fourth-order valence-corrected chi connectivity index (χ4v) is 18.6. The fraction of sp³-hybridized carbons (Fsp3) is 0.467. The van der Waals surface area contributed by atoms with E-state index >= 15 is 0 Å². The number of carbonyl (C=O) groups excluding carboxylic acids is 11. The van der Waals surface area contributed by atoms with Gasteiger partial charge < -0.3 is 81.2 Å². The van der Waals surface area contributed by atoms with Crippen LogP contribution in [0.3, 0.4) is 0 Å². The molecule has 0 spiro atoms. The van der Waals surface area contributed by atoms with Gasteiger partial charge in [-0.3, -0.25) is 43.2 Å². The number of Topliss-reactive ketones (excluding diaryl/α,β-unsaturated/α-hetero) is 8. The number of pyridine rings is 4. The van der Waals surface area contributed by atoms with Crippen LogP contribution in [0, 0.1) is 26.7 Å². The van der Waals surface area contributed by atoms with Gasteiger partial charge in [0.15, 0.2) is 0 Å². The molecule has 736 valence electrons. The number of rotatable bonds is 22. The van der Waals surface area contributed by atoms with Crippen molar-refractivity contribution < 1.29 is 146 Å². The molecule has 12 aromatic rings. The molecule has 29 nitrogen and oxygen atoms in total. The molecule has 4 saturated carbocycles. The third-order valence-corrected chi connectivity index (χ3v) is 25.1. The van der Waals surface area contributed by atoms with Crippen LogP contribution in [0.5, 0.6) is 23.5 Å². The van der Waals surface area contributed by atoms with Crippen LogP contribution in [-0.2, 0) is 99.5 Å². The van der Waals surface area contributed by atoms with E-state index in [1.165, 1.54) is 0 Å². The first-order chi connectivity index (χ1) is 63.7. The van der Waals surface area contributed by atoms with Gasteiger partial charge >= 0.3 is 18.2 Å². The number of fused-ring (bicyclic) bond motifs is 12. The molecule has 2 N–H and O–H groups in total. The standard InChI is InChI=1S/2C30H36N2O6.C25H27NO6.C19H18N2O4.CH4.2CH3.2W/c2*1-30(2,3)38-29(35)32-14-12-19(13-15-32)5-4-16-36-27-11-8-22-24(31-27)9-10-26-28(22)23(18-37-26)21-7-6-20(33)17-25(21)34;1-25(2,3)32-23(29)5-4-12-30-22-11-8-17-19(26-22)9-10-21-24(17)18(14-31-21)16-7-6-15(27)13-20(16)28;20-7-8-24-18-6-3-13-15(21-18)4-5-17-19(13)14(10-25-17)12-2-1-11(22)9-16(12)23;;;;;/h2*8-11,18-19,21H,4-7,12-17H2,1-3H3;8-11,14,16H,4-7,12-13H2,1-3H3;3-6,10,12H,1-2,7-9,20H2;1H4;2*1H3;;/q;;;;;2*-1;;. The van der Waals surface area contributed by atoms with Crippen molar-refractivity contribution >= 4 is 152 Å². The summed E-state index contributed by atoms with van der Waals surface area (Å²) in [7, 11) is 0. The molecule has 6 fully saturated rings. The second-order valence-electron chi connectivity index (χ2n) is 38.5. The van der Waals surface area contributed by atoms with Crippen LogP contribution in [0.25, 0.3) is 87.5 Å². The quantitative estimate of drug-likeness (QED) is 0.0216. The predicted molar refractivity (Wildman–Crippen MR) is 518 cm³/mol. The van der Waals surface area contributed by atoms with Crippen LogP contribution in [0.1, 0.15) is 257 Å². The van der Waals surface area contributed by atoms with E-state index in [2.05, 4.69) is 9.97 Å². The Morgan fingerprint density at radius 3 is 0.877 bits per heavy atom. The molecule has 2 aliphatic heterocycles. The smallest absolute Gasteiger partial charge is 0.410 e. The second-order valence-corrected chi connectivity index (χ2v) is 38.5. The maximum atomic E-state index is 12.6. The number of nitrogens with zero attached hydrogens (tertiary/aromatic N) is 6.